The van der Waals surface area contributed by atoms with E-state index in [1.54, 1.807) is 6.20 Å². The second-order valence-electron chi connectivity index (χ2n) is 8.48. The van der Waals surface area contributed by atoms with E-state index >= 15 is 0 Å². The molecule has 3 aromatic rings. The van der Waals surface area contributed by atoms with E-state index in [2.05, 4.69) is 17.2 Å². The molecule has 0 spiro atoms. The van der Waals surface area contributed by atoms with Crippen molar-refractivity contribution in [2.24, 2.45) is 0 Å². The summed E-state index contributed by atoms with van der Waals surface area (Å²) in [6, 6.07) is 21.7. The van der Waals surface area contributed by atoms with Crippen LogP contribution in [0.1, 0.15) is 75.0 Å². The highest BCUT2D eigenvalue weighted by atomic mass is 16.5. The van der Waals surface area contributed by atoms with Crippen molar-refractivity contribution in [3.63, 3.8) is 0 Å². The minimum absolute atomic E-state index is 0.451. The second kappa shape index (κ2) is 14.1. The van der Waals surface area contributed by atoms with Crippen LogP contribution in [0.25, 0.3) is 0 Å². The summed E-state index contributed by atoms with van der Waals surface area (Å²) in [5, 5.41) is 12.2. The van der Waals surface area contributed by atoms with E-state index in [0.29, 0.717) is 12.3 Å². The van der Waals surface area contributed by atoms with Crippen LogP contribution in [-0.2, 0) is 6.61 Å². The molecule has 2 aromatic carbocycles. The lowest BCUT2D eigenvalue weighted by atomic mass is 10.0. The first-order chi connectivity index (χ1) is 16.3. The molecule has 0 aliphatic rings. The molecular weight excluding hydrogens is 406 g/mol. The lowest BCUT2D eigenvalue weighted by Gasteiger charge is -2.13. The minimum Gasteiger partial charge on any atom is -0.489 e. The van der Waals surface area contributed by atoms with Crippen LogP contribution in [-0.4, -0.2) is 17.2 Å². The zero-order valence-corrected chi connectivity index (χ0v) is 19.9. The second-order valence-corrected chi connectivity index (χ2v) is 8.48. The standard InChI is InChI=1S/C29H37N3O/c1-2-3-4-5-6-7-8-12-20-31-29-27(19-14-21-32-29)28(30)25-17-13-18-26(22-25)33-23-24-15-10-9-11-16-24/h9-11,13-19,21-22,30H,2-8,12,20,23H2,1H3,(H,31,32). The fourth-order valence-electron chi connectivity index (χ4n) is 3.85. The van der Waals surface area contributed by atoms with Gasteiger partial charge in [-0.2, -0.15) is 0 Å². The lowest BCUT2D eigenvalue weighted by Crippen LogP contribution is -2.11. The fraction of sp³-hybridized carbons (Fsp3) is 0.379. The number of hydrogen-bond acceptors (Lipinski definition) is 4. The largest absolute Gasteiger partial charge is 0.489 e. The first-order valence-corrected chi connectivity index (χ1v) is 12.3. The van der Waals surface area contributed by atoms with Crippen LogP contribution in [0.2, 0.25) is 0 Å². The summed E-state index contributed by atoms with van der Waals surface area (Å²) in [7, 11) is 0. The maximum Gasteiger partial charge on any atom is 0.135 e. The molecule has 0 unspecified atom stereocenters. The molecule has 0 aliphatic carbocycles. The highest BCUT2D eigenvalue weighted by Gasteiger charge is 2.12. The van der Waals surface area contributed by atoms with Crippen molar-refractivity contribution in [3.8, 4) is 5.75 Å². The Labute approximate surface area is 198 Å². The van der Waals surface area contributed by atoms with Crippen molar-refractivity contribution < 1.29 is 4.74 Å². The Bertz CT molecular complexity index is 971. The van der Waals surface area contributed by atoms with Crippen molar-refractivity contribution in [1.29, 1.82) is 5.41 Å². The van der Waals surface area contributed by atoms with Gasteiger partial charge in [-0.05, 0) is 36.2 Å². The molecule has 0 fully saturated rings. The van der Waals surface area contributed by atoms with Crippen LogP contribution in [0.15, 0.2) is 72.9 Å². The summed E-state index contributed by atoms with van der Waals surface area (Å²) in [4.78, 5) is 4.51. The zero-order valence-electron chi connectivity index (χ0n) is 19.9. The Morgan fingerprint density at radius 2 is 1.61 bits per heavy atom. The monoisotopic (exact) mass is 443 g/mol. The topological polar surface area (TPSA) is 58.0 Å². The summed E-state index contributed by atoms with van der Waals surface area (Å²) in [6.45, 7) is 3.65. The number of ether oxygens (including phenoxy) is 1. The first-order valence-electron chi connectivity index (χ1n) is 12.3. The molecule has 174 valence electrons. The van der Waals surface area contributed by atoms with Crippen LogP contribution in [0.4, 0.5) is 5.82 Å². The molecular formula is C29H37N3O. The van der Waals surface area contributed by atoms with Crippen LogP contribution < -0.4 is 10.1 Å². The van der Waals surface area contributed by atoms with Crippen molar-refractivity contribution in [2.75, 3.05) is 11.9 Å². The van der Waals surface area contributed by atoms with E-state index < -0.39 is 0 Å². The van der Waals surface area contributed by atoms with Crippen LogP contribution in [0, 0.1) is 5.41 Å². The molecule has 4 nitrogen and oxygen atoms in total. The summed E-state index contributed by atoms with van der Waals surface area (Å²) in [5.41, 5.74) is 3.21. The highest BCUT2D eigenvalue weighted by molar-refractivity contribution is 6.13. The van der Waals surface area contributed by atoms with Gasteiger partial charge in [0.1, 0.15) is 18.2 Å². The Morgan fingerprint density at radius 3 is 2.39 bits per heavy atom. The SMILES string of the molecule is CCCCCCCCCCNc1ncccc1C(=N)c1cccc(OCc2ccccc2)c1. The number of aromatic nitrogens is 1. The predicted molar refractivity (Wildman–Crippen MR) is 138 cm³/mol. The van der Waals surface area contributed by atoms with Gasteiger partial charge < -0.3 is 10.1 Å². The third-order valence-corrected chi connectivity index (χ3v) is 5.77. The molecule has 0 saturated carbocycles. The maximum absolute atomic E-state index is 8.80. The first kappa shape index (κ1) is 24.5. The third-order valence-electron chi connectivity index (χ3n) is 5.77. The number of benzene rings is 2. The van der Waals surface area contributed by atoms with Gasteiger partial charge in [0.15, 0.2) is 0 Å². The Balaban J connectivity index is 1.52. The molecule has 0 bridgehead atoms. The van der Waals surface area contributed by atoms with Gasteiger partial charge in [-0.3, -0.25) is 5.41 Å². The van der Waals surface area contributed by atoms with Crippen LogP contribution >= 0.6 is 0 Å². The molecule has 0 radical (unpaired) electrons. The summed E-state index contributed by atoms with van der Waals surface area (Å²) >= 11 is 0. The fourth-order valence-corrected chi connectivity index (χ4v) is 3.85. The number of hydrogen-bond donors (Lipinski definition) is 2. The van der Waals surface area contributed by atoms with E-state index in [-0.39, 0.29) is 0 Å². The molecule has 2 N–H and O–H groups in total. The quantitative estimate of drug-likeness (QED) is 0.187. The van der Waals surface area contributed by atoms with Crippen molar-refractivity contribution in [2.45, 2.75) is 64.9 Å². The van der Waals surface area contributed by atoms with Gasteiger partial charge in [-0.15, -0.1) is 0 Å². The number of nitrogens with one attached hydrogen (secondary N) is 2. The zero-order chi connectivity index (χ0) is 23.1. The molecule has 1 heterocycles. The number of nitrogens with zero attached hydrogens (tertiary/aromatic N) is 1. The number of pyridine rings is 1. The number of rotatable bonds is 15. The molecule has 0 aliphatic heterocycles. The van der Waals surface area contributed by atoms with Crippen molar-refractivity contribution >= 4 is 11.5 Å². The molecule has 3 rings (SSSR count). The van der Waals surface area contributed by atoms with E-state index in [4.69, 9.17) is 10.1 Å². The normalized spacial score (nSPS) is 10.7. The molecule has 4 heteroatoms. The number of unbranched alkanes of at least 4 members (excludes halogenated alkanes) is 7. The predicted octanol–water partition coefficient (Wildman–Crippen LogP) is 7.63. The van der Waals surface area contributed by atoms with E-state index in [9.17, 15) is 0 Å². The Hall–Kier alpha value is -3.14. The Morgan fingerprint density at radius 1 is 0.848 bits per heavy atom. The molecule has 1 aromatic heterocycles. The van der Waals surface area contributed by atoms with Crippen LogP contribution in [0.3, 0.4) is 0 Å². The van der Waals surface area contributed by atoms with Gasteiger partial charge in [0.2, 0.25) is 0 Å². The van der Waals surface area contributed by atoms with Gasteiger partial charge >= 0.3 is 0 Å². The Kier molecular flexibility index (Phi) is 10.5. The summed E-state index contributed by atoms with van der Waals surface area (Å²) in [6.07, 6.45) is 12.2. The van der Waals surface area contributed by atoms with Gasteiger partial charge in [-0.1, -0.05) is 94.3 Å². The molecule has 0 atom stereocenters. The highest BCUT2D eigenvalue weighted by Crippen LogP contribution is 2.21. The average molecular weight is 444 g/mol. The minimum atomic E-state index is 0.451. The van der Waals surface area contributed by atoms with E-state index in [1.807, 2.05) is 66.7 Å². The van der Waals surface area contributed by atoms with Gasteiger partial charge in [-0.25, -0.2) is 4.98 Å². The van der Waals surface area contributed by atoms with E-state index in [0.717, 1.165) is 41.2 Å². The van der Waals surface area contributed by atoms with Gasteiger partial charge in [0.25, 0.3) is 0 Å². The smallest absolute Gasteiger partial charge is 0.135 e. The van der Waals surface area contributed by atoms with Crippen molar-refractivity contribution in [3.05, 3.63) is 89.6 Å². The lowest BCUT2D eigenvalue weighted by molar-refractivity contribution is 0.306. The van der Waals surface area contributed by atoms with Gasteiger partial charge in [0, 0.05) is 23.9 Å². The molecule has 33 heavy (non-hydrogen) atoms. The number of anilines is 1. The summed E-state index contributed by atoms with van der Waals surface area (Å²) < 4.78 is 5.95. The molecule has 0 amide bonds. The van der Waals surface area contributed by atoms with Crippen LogP contribution in [0.5, 0.6) is 5.75 Å². The average Bonchev–Trinajstić information content (AvgIpc) is 2.87. The molecule has 0 saturated heterocycles. The van der Waals surface area contributed by atoms with E-state index in [1.165, 1.54) is 44.9 Å². The van der Waals surface area contributed by atoms with Crippen molar-refractivity contribution in [1.82, 2.24) is 4.98 Å². The third kappa shape index (κ3) is 8.38. The summed E-state index contributed by atoms with van der Waals surface area (Å²) in [5.74, 6) is 1.54. The van der Waals surface area contributed by atoms with Gasteiger partial charge in [0.05, 0.1) is 5.71 Å². The maximum atomic E-state index is 8.80.